The highest BCUT2D eigenvalue weighted by Gasteiger charge is 2.67. The minimum absolute atomic E-state index is 0.0597. The number of likely N-dealkylation sites (N-methyl/N-ethyl adjacent to an activating group) is 1. The van der Waals surface area contributed by atoms with Crippen molar-refractivity contribution >= 4 is 29.5 Å². The van der Waals surface area contributed by atoms with E-state index in [0.29, 0.717) is 57.1 Å². The fraction of sp³-hybridized carbons (Fsp3) is 0.746. The monoisotopic (exact) mass is 1030 g/mol. The van der Waals surface area contributed by atoms with Crippen LogP contribution in [-0.4, -0.2) is 95.4 Å². The number of nitrogens with one attached hydrogen (secondary N) is 1. The Kier molecular flexibility index (Phi) is 16.0. The molecule has 0 aromatic heterocycles. The van der Waals surface area contributed by atoms with E-state index >= 15 is 0 Å². The summed E-state index contributed by atoms with van der Waals surface area (Å²) in [5, 5.41) is 36.8. The number of carbonyl (C=O) groups is 4. The minimum atomic E-state index is -1.01. The van der Waals surface area contributed by atoms with Gasteiger partial charge in [0.1, 0.15) is 17.3 Å². The van der Waals surface area contributed by atoms with Crippen molar-refractivity contribution in [2.75, 3.05) is 31.6 Å². The Bertz CT molecular complexity index is 2450. The van der Waals surface area contributed by atoms with Gasteiger partial charge >= 0.3 is 18.0 Å². The van der Waals surface area contributed by atoms with Gasteiger partial charge in [0, 0.05) is 62.3 Å². The molecule has 9 rings (SSSR count). The number of anilines is 1. The molecular formula is C63H90N2O10. The van der Waals surface area contributed by atoms with Crippen LogP contribution in [-0.2, 0) is 28.6 Å². The van der Waals surface area contributed by atoms with Crippen LogP contribution in [0.4, 0.5) is 10.5 Å². The van der Waals surface area contributed by atoms with Crippen LogP contribution in [0.25, 0.3) is 0 Å². The number of nitrogens with zero attached hydrogens (tertiary/aromatic N) is 1. The van der Waals surface area contributed by atoms with E-state index in [4.69, 9.17) is 14.2 Å². The zero-order valence-corrected chi connectivity index (χ0v) is 46.8. The molecular weight excluding hydrogens is 945 g/mol. The average Bonchev–Trinajstić information content (AvgIpc) is 3.85. The highest BCUT2D eigenvalue weighted by atomic mass is 16.6. The number of benzene rings is 1. The van der Waals surface area contributed by atoms with E-state index in [1.54, 1.807) is 0 Å². The number of rotatable bonds is 15. The topological polar surface area (TPSA) is 172 Å². The lowest BCUT2D eigenvalue weighted by Gasteiger charge is -2.64. The van der Waals surface area contributed by atoms with Crippen molar-refractivity contribution in [3.8, 4) is 11.8 Å². The average molecular weight is 1040 g/mol. The Morgan fingerprint density at radius 1 is 0.933 bits per heavy atom. The van der Waals surface area contributed by atoms with Crippen LogP contribution in [0.5, 0.6) is 0 Å². The van der Waals surface area contributed by atoms with Crippen molar-refractivity contribution in [1.29, 1.82) is 0 Å². The molecule has 0 bridgehead atoms. The number of amides is 1. The molecule has 6 saturated carbocycles. The summed E-state index contributed by atoms with van der Waals surface area (Å²) in [5.74, 6) is 7.41. The Labute approximate surface area is 447 Å². The molecule has 412 valence electrons. The van der Waals surface area contributed by atoms with Gasteiger partial charge < -0.3 is 39.7 Å². The standard InChI is InChI=1S/C63H90N2O10/c1-10-27-63(72)29-26-49-46-20-16-40-33-43(66)19-21-45(40)56(46)47(37-61(49,63)7)39-14-17-42(18-15-39)65(9)31-32-73-44-25-28-60(6)41(34-44)35-52(74-55(70)12-11-30-64-58(71)75-59(3,4)5)57-50-23-22-48(38(2)13-24-54(68)69)62(50,8)53(67)36-51(57)60/h14-15,17-18,33,38,41,44,46-53,57,67,72H,11-13,16,19-26,28-32,34-37H2,1-9H3,(H,64,71)(H,68,69)/t38-,41+,44+,46?,47+,48-,49?,50+,51+,52-,53+,57+,60+,61+,62-,63-/m1/s1. The number of allylic oxidation sites excluding steroid dienone is 4. The van der Waals surface area contributed by atoms with Gasteiger partial charge in [-0.1, -0.05) is 51.3 Å². The number of carboxylic acids is 1. The number of aliphatic carboxylic acids is 1. The van der Waals surface area contributed by atoms with Gasteiger partial charge in [-0.3, -0.25) is 14.4 Å². The van der Waals surface area contributed by atoms with Gasteiger partial charge in [-0.05, 0) is 211 Å². The Morgan fingerprint density at radius 3 is 2.41 bits per heavy atom. The summed E-state index contributed by atoms with van der Waals surface area (Å²) in [5.41, 5.74) is 4.11. The molecule has 1 amide bonds. The van der Waals surface area contributed by atoms with Gasteiger partial charge in [0.25, 0.3) is 0 Å². The first kappa shape index (κ1) is 55.6. The molecule has 1 aromatic carbocycles. The largest absolute Gasteiger partial charge is 0.481 e. The number of hydrogen-bond donors (Lipinski definition) is 4. The second-order valence-electron chi connectivity index (χ2n) is 26.6. The van der Waals surface area contributed by atoms with Crippen molar-refractivity contribution < 1.29 is 48.7 Å². The van der Waals surface area contributed by atoms with E-state index in [-0.39, 0.29) is 89.1 Å². The first-order chi connectivity index (χ1) is 35.5. The van der Waals surface area contributed by atoms with Crippen molar-refractivity contribution in [3.63, 3.8) is 0 Å². The summed E-state index contributed by atoms with van der Waals surface area (Å²) in [6, 6.07) is 9.04. The van der Waals surface area contributed by atoms with Crippen molar-refractivity contribution in [2.45, 2.75) is 206 Å². The third kappa shape index (κ3) is 10.6. The molecule has 0 spiro atoms. The zero-order valence-electron chi connectivity index (χ0n) is 46.8. The Hall–Kier alpha value is -4.18. The maximum Gasteiger partial charge on any atom is 0.407 e. The van der Waals surface area contributed by atoms with Gasteiger partial charge in [-0.25, -0.2) is 4.79 Å². The fourth-order valence-electron chi connectivity index (χ4n) is 17.7. The summed E-state index contributed by atoms with van der Waals surface area (Å²) in [6.07, 6.45) is 13.8. The smallest absolute Gasteiger partial charge is 0.407 e. The second-order valence-corrected chi connectivity index (χ2v) is 26.6. The summed E-state index contributed by atoms with van der Waals surface area (Å²) in [6.45, 7) is 18.0. The molecule has 0 aliphatic heterocycles. The van der Waals surface area contributed by atoms with Crippen LogP contribution in [0.15, 0.2) is 47.1 Å². The number of hydrogen-bond acceptors (Lipinski definition) is 10. The van der Waals surface area contributed by atoms with Crippen LogP contribution < -0.4 is 10.2 Å². The van der Waals surface area contributed by atoms with Crippen LogP contribution in [0.2, 0.25) is 0 Å². The normalized spacial score (nSPS) is 38.2. The molecule has 6 fully saturated rings. The summed E-state index contributed by atoms with van der Waals surface area (Å²) >= 11 is 0. The van der Waals surface area contributed by atoms with Crippen LogP contribution >= 0.6 is 0 Å². The number of carboxylic acid groups (broad SMARTS) is 1. The van der Waals surface area contributed by atoms with Crippen LogP contribution in [0.3, 0.4) is 0 Å². The summed E-state index contributed by atoms with van der Waals surface area (Å²) in [4.78, 5) is 52.7. The SMILES string of the molecule is CC#C[C@@]1(O)CCC2C3CCC4=CC(=O)CCC4=C3[C@H](c3ccc(N(C)CCO[C@H]4CC[C@@]5(C)[C@@H](C4)C[C@@H](OC(=O)CCCNC(=O)OC(C)(C)C)[C@@H]4[C@@H]5C[C@H](O)[C@]5(C)[C@@H]([C@H](C)CCC(=O)O)CC[C@@H]45)cc3)C[C@@]21C. The lowest BCUT2D eigenvalue weighted by Crippen LogP contribution is -2.63. The van der Waals surface area contributed by atoms with Gasteiger partial charge in [0.15, 0.2) is 5.78 Å². The number of aliphatic hydroxyl groups is 2. The van der Waals surface area contributed by atoms with E-state index in [9.17, 15) is 34.5 Å². The summed E-state index contributed by atoms with van der Waals surface area (Å²) < 4.78 is 18.8. The molecule has 12 heteroatoms. The minimum Gasteiger partial charge on any atom is -0.481 e. The predicted octanol–water partition coefficient (Wildman–Crippen LogP) is 11.1. The molecule has 0 heterocycles. The molecule has 2 unspecified atom stereocenters. The maximum atomic E-state index is 13.8. The molecule has 1 aromatic rings. The highest BCUT2D eigenvalue weighted by molar-refractivity contribution is 5.93. The number of fused-ring (bicyclic) bond motifs is 9. The Morgan fingerprint density at radius 2 is 1.69 bits per heavy atom. The predicted molar refractivity (Wildman–Crippen MR) is 289 cm³/mol. The van der Waals surface area contributed by atoms with Gasteiger partial charge in [0.2, 0.25) is 0 Å². The third-order valence-corrected chi connectivity index (χ3v) is 21.5. The van der Waals surface area contributed by atoms with E-state index in [1.165, 1.54) is 22.3 Å². The zero-order chi connectivity index (χ0) is 53.8. The molecule has 12 nitrogen and oxygen atoms in total. The molecule has 75 heavy (non-hydrogen) atoms. The quantitative estimate of drug-likeness (QED) is 0.0748. The maximum absolute atomic E-state index is 13.8. The first-order valence-corrected chi connectivity index (χ1v) is 29.1. The van der Waals surface area contributed by atoms with Crippen molar-refractivity contribution in [3.05, 3.63) is 52.6 Å². The van der Waals surface area contributed by atoms with Crippen LogP contribution in [0.1, 0.15) is 182 Å². The fourth-order valence-corrected chi connectivity index (χ4v) is 17.7. The lowest BCUT2D eigenvalue weighted by molar-refractivity contribution is -0.219. The molecule has 4 N–H and O–H groups in total. The van der Waals surface area contributed by atoms with E-state index < -0.39 is 34.8 Å². The molecule has 0 saturated heterocycles. The molecule has 0 radical (unpaired) electrons. The summed E-state index contributed by atoms with van der Waals surface area (Å²) in [7, 11) is 2.12. The molecule has 8 aliphatic rings. The van der Waals surface area contributed by atoms with Gasteiger partial charge in [-0.15, -0.1) is 5.92 Å². The molecule has 8 aliphatic carbocycles. The number of ketones is 1. The number of esters is 1. The van der Waals surface area contributed by atoms with Gasteiger partial charge in [-0.2, -0.15) is 0 Å². The van der Waals surface area contributed by atoms with Crippen molar-refractivity contribution in [2.24, 2.45) is 63.6 Å². The number of aliphatic hydroxyl groups excluding tert-OH is 1. The van der Waals surface area contributed by atoms with Gasteiger partial charge in [0.05, 0.1) is 18.8 Å². The van der Waals surface area contributed by atoms with E-state index in [0.717, 1.165) is 82.9 Å². The first-order valence-electron chi connectivity index (χ1n) is 29.1. The van der Waals surface area contributed by atoms with Crippen molar-refractivity contribution in [1.82, 2.24) is 5.32 Å². The van der Waals surface area contributed by atoms with E-state index in [2.05, 4.69) is 81.1 Å². The Balaban J connectivity index is 0.867. The van der Waals surface area contributed by atoms with Crippen LogP contribution in [0, 0.1) is 75.4 Å². The second kappa shape index (κ2) is 21.6. The number of alkyl carbamates (subject to hydrolysis) is 1. The lowest BCUT2D eigenvalue weighted by atomic mass is 9.43. The number of ether oxygens (including phenoxy) is 3. The molecule has 16 atom stereocenters. The highest BCUT2D eigenvalue weighted by Crippen LogP contribution is 2.70. The third-order valence-electron chi connectivity index (χ3n) is 21.5. The number of carbonyl (C=O) groups excluding carboxylic acids is 3. The van der Waals surface area contributed by atoms with E-state index in [1.807, 2.05) is 33.8 Å².